The van der Waals surface area contributed by atoms with E-state index in [0.29, 0.717) is 19.3 Å². The fourth-order valence-electron chi connectivity index (χ4n) is 2.56. The van der Waals surface area contributed by atoms with Crippen LogP contribution in [0, 0.1) is 0 Å². The van der Waals surface area contributed by atoms with E-state index < -0.39 is 0 Å². The fraction of sp³-hybridized carbons (Fsp3) is 0.600. The van der Waals surface area contributed by atoms with Crippen molar-refractivity contribution in [1.29, 1.82) is 0 Å². The Bertz CT molecular complexity index is 384. The van der Waals surface area contributed by atoms with Crippen LogP contribution in [0.4, 0.5) is 0 Å². The number of fused-ring (bicyclic) bond motifs is 1. The Balaban J connectivity index is 1.68. The van der Waals surface area contributed by atoms with Gasteiger partial charge in [-0.15, -0.1) is 0 Å². The van der Waals surface area contributed by atoms with Crippen molar-refractivity contribution in [2.75, 3.05) is 33.5 Å². The highest BCUT2D eigenvalue weighted by Gasteiger charge is 2.27. The molecule has 1 aliphatic carbocycles. The first-order valence-corrected chi connectivity index (χ1v) is 6.97. The summed E-state index contributed by atoms with van der Waals surface area (Å²) in [5.74, 6) is 0. The molecule has 1 aliphatic rings. The molecule has 0 saturated carbocycles. The molecule has 2 rings (SSSR count). The van der Waals surface area contributed by atoms with Crippen LogP contribution >= 0.6 is 0 Å². The van der Waals surface area contributed by atoms with E-state index in [2.05, 4.69) is 29.6 Å². The van der Waals surface area contributed by atoms with Crippen LogP contribution in [0.2, 0.25) is 0 Å². The van der Waals surface area contributed by atoms with Crippen LogP contribution < -0.4 is 11.1 Å². The Labute approximate surface area is 115 Å². The summed E-state index contributed by atoms with van der Waals surface area (Å²) in [5.41, 5.74) is 8.79. The Morgan fingerprint density at radius 1 is 1.21 bits per heavy atom. The monoisotopic (exact) mass is 264 g/mol. The van der Waals surface area contributed by atoms with Gasteiger partial charge >= 0.3 is 0 Å². The van der Waals surface area contributed by atoms with Crippen molar-refractivity contribution in [2.45, 2.75) is 24.9 Å². The van der Waals surface area contributed by atoms with Gasteiger partial charge in [0.15, 0.2) is 0 Å². The lowest BCUT2D eigenvalue weighted by Gasteiger charge is -2.14. The van der Waals surface area contributed by atoms with Crippen molar-refractivity contribution < 1.29 is 9.47 Å². The average Bonchev–Trinajstić information content (AvgIpc) is 2.75. The maximum atomic E-state index is 6.14. The summed E-state index contributed by atoms with van der Waals surface area (Å²) in [6, 6.07) is 9.02. The molecule has 0 heterocycles. The molecule has 19 heavy (non-hydrogen) atoms. The molecule has 2 atom stereocenters. The Morgan fingerprint density at radius 2 is 2.00 bits per heavy atom. The van der Waals surface area contributed by atoms with E-state index in [1.807, 2.05) is 0 Å². The molecule has 4 heteroatoms. The number of ether oxygens (including phenoxy) is 2. The molecule has 2 unspecified atom stereocenters. The van der Waals surface area contributed by atoms with E-state index in [4.69, 9.17) is 15.2 Å². The van der Waals surface area contributed by atoms with E-state index in [1.165, 1.54) is 11.1 Å². The number of hydrogen-bond donors (Lipinski definition) is 2. The molecule has 0 aliphatic heterocycles. The van der Waals surface area contributed by atoms with E-state index in [1.54, 1.807) is 7.11 Å². The number of nitrogens with two attached hydrogens (primary N) is 1. The van der Waals surface area contributed by atoms with Crippen LogP contribution in [0.25, 0.3) is 0 Å². The molecule has 3 N–H and O–H groups in total. The minimum absolute atomic E-state index is 0.173. The zero-order valence-electron chi connectivity index (χ0n) is 11.6. The number of nitrogens with one attached hydrogen (secondary N) is 1. The van der Waals surface area contributed by atoms with Crippen molar-refractivity contribution in [3.63, 3.8) is 0 Å². The van der Waals surface area contributed by atoms with Gasteiger partial charge in [-0.1, -0.05) is 24.3 Å². The molecule has 0 radical (unpaired) electrons. The average molecular weight is 264 g/mol. The van der Waals surface area contributed by atoms with Gasteiger partial charge in [0, 0.05) is 25.8 Å². The molecule has 0 saturated heterocycles. The molecule has 106 valence electrons. The van der Waals surface area contributed by atoms with Crippen LogP contribution in [0.5, 0.6) is 0 Å². The third kappa shape index (κ3) is 4.01. The molecular formula is C15H24N2O2. The largest absolute Gasteiger partial charge is 0.382 e. The summed E-state index contributed by atoms with van der Waals surface area (Å²) in [5, 5.41) is 3.57. The first-order chi connectivity index (χ1) is 9.33. The van der Waals surface area contributed by atoms with E-state index >= 15 is 0 Å². The minimum atomic E-state index is 0.173. The Kier molecular flexibility index (Phi) is 5.79. The van der Waals surface area contributed by atoms with Gasteiger partial charge in [-0.3, -0.25) is 0 Å². The first kappa shape index (κ1) is 14.5. The van der Waals surface area contributed by atoms with Crippen molar-refractivity contribution in [1.82, 2.24) is 5.32 Å². The predicted octanol–water partition coefficient (Wildman–Crippen LogP) is 1.77. The second kappa shape index (κ2) is 7.60. The highest BCUT2D eigenvalue weighted by Crippen LogP contribution is 2.36. The van der Waals surface area contributed by atoms with Crippen LogP contribution in [0.15, 0.2) is 24.3 Å². The molecule has 0 spiro atoms. The van der Waals surface area contributed by atoms with Crippen molar-refractivity contribution in [2.24, 2.45) is 5.73 Å². The molecule has 4 nitrogen and oxygen atoms in total. The zero-order chi connectivity index (χ0) is 13.5. The summed E-state index contributed by atoms with van der Waals surface area (Å²) < 4.78 is 10.4. The number of rotatable bonds is 8. The van der Waals surface area contributed by atoms with Crippen LogP contribution in [-0.2, 0) is 9.47 Å². The fourth-order valence-corrected chi connectivity index (χ4v) is 2.56. The third-order valence-electron chi connectivity index (χ3n) is 3.55. The minimum Gasteiger partial charge on any atom is -0.382 e. The van der Waals surface area contributed by atoms with Gasteiger partial charge in [-0.25, -0.2) is 0 Å². The SMILES string of the molecule is COCCOCCCNC1CC(N)c2ccccc21. The number of hydrogen-bond acceptors (Lipinski definition) is 4. The molecule has 0 amide bonds. The van der Waals surface area contributed by atoms with Crippen molar-refractivity contribution in [3.05, 3.63) is 35.4 Å². The van der Waals surface area contributed by atoms with E-state index in [0.717, 1.165) is 26.0 Å². The van der Waals surface area contributed by atoms with Gasteiger partial charge in [0.05, 0.1) is 13.2 Å². The second-order valence-electron chi connectivity index (χ2n) is 4.94. The van der Waals surface area contributed by atoms with Crippen molar-refractivity contribution in [3.8, 4) is 0 Å². The molecule has 0 bridgehead atoms. The summed E-state index contributed by atoms with van der Waals surface area (Å²) in [4.78, 5) is 0. The van der Waals surface area contributed by atoms with Crippen LogP contribution in [0.3, 0.4) is 0 Å². The topological polar surface area (TPSA) is 56.5 Å². The summed E-state index contributed by atoms with van der Waals surface area (Å²) in [6.45, 7) is 3.07. The van der Waals surface area contributed by atoms with Gasteiger partial charge in [-0.2, -0.15) is 0 Å². The van der Waals surface area contributed by atoms with E-state index in [9.17, 15) is 0 Å². The highest BCUT2D eigenvalue weighted by molar-refractivity contribution is 5.37. The van der Waals surface area contributed by atoms with Gasteiger partial charge in [0.2, 0.25) is 0 Å². The molecule has 0 aromatic heterocycles. The van der Waals surface area contributed by atoms with Gasteiger partial charge in [-0.05, 0) is 30.5 Å². The normalized spacial score (nSPS) is 21.6. The standard InChI is InChI=1S/C15H24N2O2/c1-18-9-10-19-8-4-7-17-15-11-14(16)12-5-2-3-6-13(12)15/h2-3,5-6,14-15,17H,4,7-11,16H2,1H3. The smallest absolute Gasteiger partial charge is 0.0700 e. The second-order valence-corrected chi connectivity index (χ2v) is 4.94. The predicted molar refractivity (Wildman–Crippen MR) is 76.0 cm³/mol. The lowest BCUT2D eigenvalue weighted by Crippen LogP contribution is -2.22. The molecule has 1 aromatic rings. The third-order valence-corrected chi connectivity index (χ3v) is 3.55. The van der Waals surface area contributed by atoms with Gasteiger partial charge in [0.25, 0.3) is 0 Å². The van der Waals surface area contributed by atoms with Crippen LogP contribution in [-0.4, -0.2) is 33.5 Å². The Hall–Kier alpha value is -0.940. The molecule has 0 fully saturated rings. The molecular weight excluding hydrogens is 240 g/mol. The first-order valence-electron chi connectivity index (χ1n) is 6.97. The zero-order valence-corrected chi connectivity index (χ0v) is 11.6. The lowest BCUT2D eigenvalue weighted by molar-refractivity contribution is 0.0692. The number of benzene rings is 1. The highest BCUT2D eigenvalue weighted by atomic mass is 16.5. The number of methoxy groups -OCH3 is 1. The maximum absolute atomic E-state index is 6.14. The quantitative estimate of drug-likeness (QED) is 0.703. The van der Waals surface area contributed by atoms with Gasteiger partial charge in [0.1, 0.15) is 0 Å². The van der Waals surface area contributed by atoms with E-state index in [-0.39, 0.29) is 6.04 Å². The summed E-state index contributed by atoms with van der Waals surface area (Å²) in [7, 11) is 1.69. The van der Waals surface area contributed by atoms with Crippen molar-refractivity contribution >= 4 is 0 Å². The Morgan fingerprint density at radius 3 is 2.79 bits per heavy atom. The maximum Gasteiger partial charge on any atom is 0.0700 e. The van der Waals surface area contributed by atoms with Gasteiger partial charge < -0.3 is 20.5 Å². The lowest BCUT2D eigenvalue weighted by atomic mass is 10.1. The molecule has 1 aromatic carbocycles. The summed E-state index contributed by atoms with van der Waals surface area (Å²) >= 11 is 0. The van der Waals surface area contributed by atoms with Crippen LogP contribution in [0.1, 0.15) is 36.1 Å². The summed E-state index contributed by atoms with van der Waals surface area (Å²) in [6.07, 6.45) is 2.00.